The van der Waals surface area contributed by atoms with Crippen molar-refractivity contribution in [2.24, 2.45) is 0 Å². The van der Waals surface area contributed by atoms with Crippen molar-refractivity contribution in [3.63, 3.8) is 0 Å². The van der Waals surface area contributed by atoms with Gasteiger partial charge in [-0.15, -0.1) is 0 Å². The Kier molecular flexibility index (Phi) is 7.44. The third kappa shape index (κ3) is 8.88. The molecule has 2 amide bonds. The van der Waals surface area contributed by atoms with E-state index in [1.165, 1.54) is 0 Å². The minimum atomic E-state index is -0.916. The SMILES string of the molecule is CC(C)(C)OCC(NC(=O)Nc1ccccc1Br)C(=O)OC(C)(C)C. The Morgan fingerprint density at radius 1 is 1.08 bits per heavy atom. The second-order valence-electron chi connectivity index (χ2n) is 7.59. The van der Waals surface area contributed by atoms with Gasteiger partial charge in [-0.1, -0.05) is 12.1 Å². The highest BCUT2D eigenvalue weighted by atomic mass is 79.9. The van der Waals surface area contributed by atoms with Crippen molar-refractivity contribution in [2.75, 3.05) is 11.9 Å². The highest BCUT2D eigenvalue weighted by Gasteiger charge is 2.28. The first-order chi connectivity index (χ1) is 11.4. The predicted molar refractivity (Wildman–Crippen MR) is 102 cm³/mol. The van der Waals surface area contributed by atoms with Gasteiger partial charge in [0.1, 0.15) is 5.60 Å². The van der Waals surface area contributed by atoms with Crippen LogP contribution in [0.1, 0.15) is 41.5 Å². The molecule has 0 bridgehead atoms. The number of hydrogen-bond donors (Lipinski definition) is 2. The first-order valence-electron chi connectivity index (χ1n) is 8.06. The summed E-state index contributed by atoms with van der Waals surface area (Å²) in [7, 11) is 0. The highest BCUT2D eigenvalue weighted by molar-refractivity contribution is 9.10. The van der Waals surface area contributed by atoms with Crippen LogP contribution in [-0.2, 0) is 14.3 Å². The van der Waals surface area contributed by atoms with E-state index >= 15 is 0 Å². The van der Waals surface area contributed by atoms with Gasteiger partial charge in [0.25, 0.3) is 0 Å². The van der Waals surface area contributed by atoms with Gasteiger partial charge in [-0.05, 0) is 69.6 Å². The molecule has 0 saturated heterocycles. The Balaban J connectivity index is 2.79. The van der Waals surface area contributed by atoms with Gasteiger partial charge < -0.3 is 20.1 Å². The number of urea groups is 1. The van der Waals surface area contributed by atoms with E-state index in [9.17, 15) is 9.59 Å². The summed E-state index contributed by atoms with van der Waals surface area (Å²) in [5, 5.41) is 5.31. The van der Waals surface area contributed by atoms with Gasteiger partial charge in [0.05, 0.1) is 17.9 Å². The smallest absolute Gasteiger partial charge is 0.331 e. The van der Waals surface area contributed by atoms with Crippen molar-refractivity contribution < 1.29 is 19.1 Å². The molecule has 1 aromatic carbocycles. The zero-order valence-electron chi connectivity index (χ0n) is 15.6. The average Bonchev–Trinajstić information content (AvgIpc) is 2.43. The van der Waals surface area contributed by atoms with Gasteiger partial charge in [-0.3, -0.25) is 0 Å². The van der Waals surface area contributed by atoms with Gasteiger partial charge in [-0.2, -0.15) is 0 Å². The first-order valence-corrected chi connectivity index (χ1v) is 8.85. The summed E-state index contributed by atoms with van der Waals surface area (Å²) in [6, 6.07) is 5.77. The zero-order chi connectivity index (χ0) is 19.3. The van der Waals surface area contributed by atoms with E-state index in [4.69, 9.17) is 9.47 Å². The number of esters is 1. The van der Waals surface area contributed by atoms with Gasteiger partial charge in [0.2, 0.25) is 0 Å². The van der Waals surface area contributed by atoms with Crippen LogP contribution < -0.4 is 10.6 Å². The fourth-order valence-corrected chi connectivity index (χ4v) is 2.14. The van der Waals surface area contributed by atoms with Gasteiger partial charge >= 0.3 is 12.0 Å². The van der Waals surface area contributed by atoms with Crippen molar-refractivity contribution >= 4 is 33.6 Å². The second-order valence-corrected chi connectivity index (χ2v) is 8.44. The van der Waals surface area contributed by atoms with Crippen LogP contribution in [0.15, 0.2) is 28.7 Å². The van der Waals surface area contributed by atoms with E-state index in [1.54, 1.807) is 32.9 Å². The maximum Gasteiger partial charge on any atom is 0.331 e. The number of benzene rings is 1. The number of amides is 2. The van der Waals surface area contributed by atoms with Crippen LogP contribution >= 0.6 is 15.9 Å². The molecule has 1 rings (SSSR count). The lowest BCUT2D eigenvalue weighted by atomic mass is 10.1. The number of carbonyl (C=O) groups is 2. The van der Waals surface area contributed by atoms with Gasteiger partial charge in [0, 0.05) is 4.47 Å². The summed E-state index contributed by atoms with van der Waals surface area (Å²) < 4.78 is 11.8. The van der Waals surface area contributed by atoms with E-state index in [-0.39, 0.29) is 6.61 Å². The van der Waals surface area contributed by atoms with E-state index in [0.717, 1.165) is 4.47 Å². The lowest BCUT2D eigenvalue weighted by molar-refractivity contribution is -0.160. The molecule has 7 heteroatoms. The van der Waals surface area contributed by atoms with Crippen molar-refractivity contribution in [1.82, 2.24) is 5.32 Å². The summed E-state index contributed by atoms with van der Waals surface area (Å²) in [5.74, 6) is -0.543. The lowest BCUT2D eigenvalue weighted by Crippen LogP contribution is -2.49. The number of halogens is 1. The van der Waals surface area contributed by atoms with Crippen LogP contribution in [0.5, 0.6) is 0 Å². The van der Waals surface area contributed by atoms with Crippen LogP contribution in [0, 0.1) is 0 Å². The molecule has 0 spiro atoms. The van der Waals surface area contributed by atoms with E-state index in [2.05, 4.69) is 26.6 Å². The van der Waals surface area contributed by atoms with Crippen LogP contribution in [0.25, 0.3) is 0 Å². The molecule has 0 aliphatic heterocycles. The first kappa shape index (κ1) is 21.4. The molecule has 6 nitrogen and oxygen atoms in total. The monoisotopic (exact) mass is 414 g/mol. The molecule has 25 heavy (non-hydrogen) atoms. The Labute approximate surface area is 157 Å². The number of nitrogens with one attached hydrogen (secondary N) is 2. The summed E-state index contributed by atoms with van der Waals surface area (Å²) in [6.07, 6.45) is 0. The molecular formula is C18H27BrN2O4. The van der Waals surface area contributed by atoms with Crippen LogP contribution in [0.3, 0.4) is 0 Å². The molecule has 140 valence electrons. The summed E-state index contributed by atoms with van der Waals surface area (Å²) in [4.78, 5) is 24.6. The van der Waals surface area contributed by atoms with Gasteiger partial charge in [-0.25, -0.2) is 9.59 Å². The molecule has 1 unspecified atom stereocenters. The minimum Gasteiger partial charge on any atom is -0.458 e. The Hall–Kier alpha value is -1.60. The maximum absolute atomic E-state index is 12.4. The summed E-state index contributed by atoms with van der Waals surface area (Å²) >= 11 is 3.36. The molecule has 1 aromatic rings. The molecule has 0 aromatic heterocycles. The van der Waals surface area contributed by atoms with Crippen molar-refractivity contribution in [3.8, 4) is 0 Å². The quantitative estimate of drug-likeness (QED) is 0.711. The molecule has 0 heterocycles. The van der Waals surface area contributed by atoms with Crippen LogP contribution in [-0.4, -0.2) is 35.9 Å². The molecule has 0 fully saturated rings. The van der Waals surface area contributed by atoms with E-state index in [1.807, 2.05) is 32.9 Å². The van der Waals surface area contributed by atoms with Crippen molar-refractivity contribution in [2.45, 2.75) is 58.8 Å². The fraction of sp³-hybridized carbons (Fsp3) is 0.556. The average molecular weight is 415 g/mol. The molecule has 0 aliphatic rings. The number of carbonyl (C=O) groups excluding carboxylic acids is 2. The van der Waals surface area contributed by atoms with Crippen molar-refractivity contribution in [1.29, 1.82) is 0 Å². The Morgan fingerprint density at radius 3 is 2.20 bits per heavy atom. The topological polar surface area (TPSA) is 76.7 Å². The Morgan fingerprint density at radius 2 is 1.68 bits per heavy atom. The summed E-state index contributed by atoms with van der Waals surface area (Å²) in [5.41, 5.74) is -0.502. The molecule has 0 saturated carbocycles. The standard InChI is InChI=1S/C18H27BrN2O4/c1-17(2,3)24-11-14(15(22)25-18(4,5)6)21-16(23)20-13-10-8-7-9-12(13)19/h7-10,14H,11H2,1-6H3,(H2,20,21,23). The lowest BCUT2D eigenvalue weighted by Gasteiger charge is -2.27. The number of hydrogen-bond acceptors (Lipinski definition) is 4. The number of para-hydroxylation sites is 1. The normalized spacial score (nSPS) is 13.1. The molecule has 0 radical (unpaired) electrons. The largest absolute Gasteiger partial charge is 0.458 e. The third-order valence-electron chi connectivity index (χ3n) is 2.80. The number of ether oxygens (including phenoxy) is 2. The van der Waals surface area contributed by atoms with Crippen molar-refractivity contribution in [3.05, 3.63) is 28.7 Å². The van der Waals surface area contributed by atoms with Gasteiger partial charge in [0.15, 0.2) is 6.04 Å². The maximum atomic E-state index is 12.4. The predicted octanol–water partition coefficient (Wildman–Crippen LogP) is 4.10. The van der Waals surface area contributed by atoms with E-state index in [0.29, 0.717) is 5.69 Å². The summed E-state index contributed by atoms with van der Waals surface area (Å²) in [6.45, 7) is 11.0. The zero-order valence-corrected chi connectivity index (χ0v) is 17.2. The Bertz CT molecular complexity index is 606. The molecule has 2 N–H and O–H groups in total. The molecule has 1 atom stereocenters. The second kappa shape index (κ2) is 8.67. The minimum absolute atomic E-state index is 0.0157. The van der Waals surface area contributed by atoms with Crippen LogP contribution in [0.2, 0.25) is 0 Å². The fourth-order valence-electron chi connectivity index (χ4n) is 1.75. The van der Waals surface area contributed by atoms with E-state index < -0.39 is 29.2 Å². The van der Waals surface area contributed by atoms with Crippen LogP contribution in [0.4, 0.5) is 10.5 Å². The number of anilines is 1. The number of rotatable bonds is 5. The highest BCUT2D eigenvalue weighted by Crippen LogP contribution is 2.21. The molecular weight excluding hydrogens is 388 g/mol. The molecule has 0 aliphatic carbocycles. The third-order valence-corrected chi connectivity index (χ3v) is 3.49.